The van der Waals surface area contributed by atoms with Crippen LogP contribution in [0, 0.1) is 0 Å². The Bertz CT molecular complexity index is 296. The molecule has 0 aromatic rings. The second-order valence-corrected chi connectivity index (χ2v) is 5.60. The molecule has 6 nitrogen and oxygen atoms in total. The van der Waals surface area contributed by atoms with Gasteiger partial charge in [0.25, 0.3) is 0 Å². The van der Waals surface area contributed by atoms with E-state index in [1.807, 2.05) is 0 Å². The van der Waals surface area contributed by atoms with Gasteiger partial charge >= 0.3 is 5.97 Å². The van der Waals surface area contributed by atoms with Gasteiger partial charge in [0.1, 0.15) is 24.9 Å². The number of hydrogen-bond donors (Lipinski definition) is 3. The number of unbranched alkanes of at least 4 members (excludes halogenated alkanes) is 6. The standard InChI is InChI=1S/C15H28O6/c1-2-3-4-5-6-7-8-9-12(16)20-10-11-13(17)14(18)15(19)21-11/h11,13-15,17-19H,2-10H2,1H3/t11-,13-,14+,15?/m0/s1. The summed E-state index contributed by atoms with van der Waals surface area (Å²) in [6, 6.07) is 0. The second kappa shape index (κ2) is 10.1. The predicted molar refractivity (Wildman–Crippen MR) is 76.5 cm³/mol. The molecule has 21 heavy (non-hydrogen) atoms. The lowest BCUT2D eigenvalue weighted by Gasteiger charge is -2.14. The molecule has 1 aliphatic heterocycles. The summed E-state index contributed by atoms with van der Waals surface area (Å²) in [6.07, 6.45) is 3.38. The maximum Gasteiger partial charge on any atom is 0.305 e. The van der Waals surface area contributed by atoms with Gasteiger partial charge in [0.2, 0.25) is 0 Å². The third kappa shape index (κ3) is 6.74. The Balaban J connectivity index is 2.02. The summed E-state index contributed by atoms with van der Waals surface area (Å²) < 4.78 is 9.89. The van der Waals surface area contributed by atoms with E-state index in [9.17, 15) is 20.1 Å². The fraction of sp³-hybridized carbons (Fsp3) is 0.933. The van der Waals surface area contributed by atoms with E-state index in [4.69, 9.17) is 9.47 Å². The molecule has 1 aliphatic rings. The van der Waals surface area contributed by atoms with E-state index in [1.165, 1.54) is 25.7 Å². The van der Waals surface area contributed by atoms with Crippen LogP contribution < -0.4 is 0 Å². The first-order valence-corrected chi connectivity index (χ1v) is 7.91. The summed E-state index contributed by atoms with van der Waals surface area (Å²) in [4.78, 5) is 11.5. The quantitative estimate of drug-likeness (QED) is 0.413. The molecule has 1 fully saturated rings. The molecule has 1 saturated heterocycles. The molecule has 0 aromatic carbocycles. The summed E-state index contributed by atoms with van der Waals surface area (Å²) in [7, 11) is 0. The maximum atomic E-state index is 11.5. The molecule has 124 valence electrons. The number of aliphatic hydroxyl groups excluding tert-OH is 3. The molecule has 0 aliphatic carbocycles. The van der Waals surface area contributed by atoms with Crippen molar-refractivity contribution < 1.29 is 29.6 Å². The highest BCUT2D eigenvalue weighted by molar-refractivity contribution is 5.69. The first-order chi connectivity index (χ1) is 10.1. The average molecular weight is 304 g/mol. The molecule has 0 bridgehead atoms. The van der Waals surface area contributed by atoms with Gasteiger partial charge in [-0.25, -0.2) is 0 Å². The third-order valence-corrected chi connectivity index (χ3v) is 3.73. The van der Waals surface area contributed by atoms with Crippen molar-refractivity contribution in [2.24, 2.45) is 0 Å². The van der Waals surface area contributed by atoms with Crippen LogP contribution >= 0.6 is 0 Å². The number of ether oxygens (including phenoxy) is 2. The summed E-state index contributed by atoms with van der Waals surface area (Å²) in [5.41, 5.74) is 0. The monoisotopic (exact) mass is 304 g/mol. The van der Waals surface area contributed by atoms with Crippen LogP contribution in [0.15, 0.2) is 0 Å². The molecule has 0 amide bonds. The Morgan fingerprint density at radius 1 is 1.00 bits per heavy atom. The van der Waals surface area contributed by atoms with E-state index in [2.05, 4.69) is 6.92 Å². The summed E-state index contributed by atoms with van der Waals surface area (Å²) >= 11 is 0. The first-order valence-electron chi connectivity index (χ1n) is 7.91. The van der Waals surface area contributed by atoms with E-state index in [-0.39, 0.29) is 12.6 Å². The van der Waals surface area contributed by atoms with Gasteiger partial charge in [-0.05, 0) is 6.42 Å². The first kappa shape index (κ1) is 18.4. The number of carbonyl (C=O) groups excluding carboxylic acids is 1. The van der Waals surface area contributed by atoms with Crippen molar-refractivity contribution >= 4 is 5.97 Å². The lowest BCUT2D eigenvalue weighted by atomic mass is 10.1. The molecule has 3 N–H and O–H groups in total. The van der Waals surface area contributed by atoms with E-state index < -0.39 is 24.6 Å². The zero-order chi connectivity index (χ0) is 15.7. The molecular formula is C15H28O6. The fourth-order valence-electron chi connectivity index (χ4n) is 2.34. The molecule has 0 spiro atoms. The Kier molecular flexibility index (Phi) is 8.84. The van der Waals surface area contributed by atoms with E-state index in [0.29, 0.717) is 6.42 Å². The molecule has 0 aromatic heterocycles. The Morgan fingerprint density at radius 2 is 1.62 bits per heavy atom. The molecule has 0 saturated carbocycles. The minimum absolute atomic E-state index is 0.148. The van der Waals surface area contributed by atoms with Gasteiger partial charge in [-0.3, -0.25) is 4.79 Å². The number of aliphatic hydroxyl groups is 3. The van der Waals surface area contributed by atoms with Crippen LogP contribution in [0.5, 0.6) is 0 Å². The Hall–Kier alpha value is -0.690. The summed E-state index contributed by atoms with van der Waals surface area (Å²) in [6.45, 7) is 2.03. The SMILES string of the molecule is CCCCCCCCCC(=O)OC[C@@H]1OC(O)[C@H](O)[C@H]1O. The fourth-order valence-corrected chi connectivity index (χ4v) is 2.34. The average Bonchev–Trinajstić information content (AvgIpc) is 2.71. The molecule has 1 unspecified atom stereocenters. The van der Waals surface area contributed by atoms with Crippen LogP contribution in [0.4, 0.5) is 0 Å². The summed E-state index contributed by atoms with van der Waals surface area (Å²) in [5.74, 6) is -0.338. The van der Waals surface area contributed by atoms with Crippen LogP contribution in [0.2, 0.25) is 0 Å². The van der Waals surface area contributed by atoms with Crippen molar-refractivity contribution in [3.05, 3.63) is 0 Å². The van der Waals surface area contributed by atoms with Crippen LogP contribution in [-0.4, -0.2) is 52.5 Å². The van der Waals surface area contributed by atoms with Gasteiger partial charge in [0.05, 0.1) is 0 Å². The van der Waals surface area contributed by atoms with Gasteiger partial charge in [-0.1, -0.05) is 45.4 Å². The number of esters is 1. The normalized spacial score (nSPS) is 28.8. The highest BCUT2D eigenvalue weighted by atomic mass is 16.7. The lowest BCUT2D eigenvalue weighted by molar-refractivity contribution is -0.157. The zero-order valence-electron chi connectivity index (χ0n) is 12.7. The molecular weight excluding hydrogens is 276 g/mol. The van der Waals surface area contributed by atoms with E-state index in [0.717, 1.165) is 19.3 Å². The third-order valence-electron chi connectivity index (χ3n) is 3.73. The molecule has 1 rings (SSSR count). The van der Waals surface area contributed by atoms with Gasteiger partial charge < -0.3 is 24.8 Å². The minimum Gasteiger partial charge on any atom is -0.463 e. The highest BCUT2D eigenvalue weighted by Gasteiger charge is 2.42. The van der Waals surface area contributed by atoms with Gasteiger partial charge in [0, 0.05) is 6.42 Å². The zero-order valence-corrected chi connectivity index (χ0v) is 12.7. The number of hydrogen-bond acceptors (Lipinski definition) is 6. The Labute approximate surface area is 126 Å². The van der Waals surface area contributed by atoms with Crippen molar-refractivity contribution in [2.45, 2.75) is 82.9 Å². The van der Waals surface area contributed by atoms with E-state index >= 15 is 0 Å². The molecule has 1 heterocycles. The number of carbonyl (C=O) groups is 1. The summed E-state index contributed by atoms with van der Waals surface area (Å²) in [5, 5.41) is 28.0. The number of rotatable bonds is 10. The van der Waals surface area contributed by atoms with Crippen molar-refractivity contribution in [3.63, 3.8) is 0 Å². The van der Waals surface area contributed by atoms with Crippen LogP contribution in [0.25, 0.3) is 0 Å². The predicted octanol–water partition coefficient (Wildman–Crippen LogP) is 1.11. The van der Waals surface area contributed by atoms with Crippen molar-refractivity contribution in [3.8, 4) is 0 Å². The maximum absolute atomic E-state index is 11.5. The van der Waals surface area contributed by atoms with E-state index in [1.54, 1.807) is 0 Å². The second-order valence-electron chi connectivity index (χ2n) is 5.60. The van der Waals surface area contributed by atoms with Crippen LogP contribution in [-0.2, 0) is 14.3 Å². The van der Waals surface area contributed by atoms with Gasteiger partial charge in [0.15, 0.2) is 6.29 Å². The van der Waals surface area contributed by atoms with Crippen molar-refractivity contribution in [1.82, 2.24) is 0 Å². The van der Waals surface area contributed by atoms with Crippen LogP contribution in [0.3, 0.4) is 0 Å². The largest absolute Gasteiger partial charge is 0.463 e. The molecule has 6 heteroatoms. The molecule has 0 radical (unpaired) electrons. The Morgan fingerprint density at radius 3 is 2.19 bits per heavy atom. The highest BCUT2D eigenvalue weighted by Crippen LogP contribution is 2.20. The van der Waals surface area contributed by atoms with Gasteiger partial charge in [-0.15, -0.1) is 0 Å². The van der Waals surface area contributed by atoms with Crippen molar-refractivity contribution in [2.75, 3.05) is 6.61 Å². The smallest absolute Gasteiger partial charge is 0.305 e. The molecule has 4 atom stereocenters. The van der Waals surface area contributed by atoms with Crippen LogP contribution in [0.1, 0.15) is 58.3 Å². The minimum atomic E-state index is -1.42. The van der Waals surface area contributed by atoms with Gasteiger partial charge in [-0.2, -0.15) is 0 Å². The topological polar surface area (TPSA) is 96.2 Å². The lowest BCUT2D eigenvalue weighted by Crippen LogP contribution is -2.34. The van der Waals surface area contributed by atoms with Crippen molar-refractivity contribution in [1.29, 1.82) is 0 Å².